The summed E-state index contributed by atoms with van der Waals surface area (Å²) in [6.45, 7) is 2.84. The lowest BCUT2D eigenvalue weighted by Crippen LogP contribution is -2.35. The normalized spacial score (nSPS) is 13.1. The average Bonchev–Trinajstić information content (AvgIpc) is 2.00. The summed E-state index contributed by atoms with van der Waals surface area (Å²) in [5.74, 6) is -1.03. The lowest BCUT2D eigenvalue weighted by molar-refractivity contribution is -0.131. The van der Waals surface area contributed by atoms with Crippen LogP contribution in [0.1, 0.15) is 6.92 Å². The molecule has 5 heteroatoms. The van der Waals surface area contributed by atoms with Crippen LogP contribution in [-0.2, 0) is 4.79 Å². The van der Waals surface area contributed by atoms with Crippen molar-refractivity contribution < 1.29 is 13.6 Å². The number of hydrogen-bond acceptors (Lipinski definition) is 2. The third-order valence-corrected chi connectivity index (χ3v) is 1.38. The second-order valence-electron chi connectivity index (χ2n) is 2.71. The maximum atomic E-state index is 11.6. The molecule has 0 aliphatic rings. The Kier molecular flexibility index (Phi) is 5.53. The number of rotatable bonds is 5. The largest absolute Gasteiger partial charge is 0.351 e. The lowest BCUT2D eigenvalue weighted by atomic mass is 10.2. The molecule has 0 heterocycles. The van der Waals surface area contributed by atoms with Crippen molar-refractivity contribution in [2.75, 3.05) is 20.1 Å². The van der Waals surface area contributed by atoms with Gasteiger partial charge in [0.15, 0.2) is 0 Å². The highest BCUT2D eigenvalue weighted by Crippen LogP contribution is 1.93. The summed E-state index contributed by atoms with van der Waals surface area (Å²) in [4.78, 5) is 10.4. The molecular weight excluding hydrogens is 166 g/mol. The SMILES string of the molecule is CNCC(C)CNC(=O)C(F)F. The van der Waals surface area contributed by atoms with Crippen molar-refractivity contribution in [1.29, 1.82) is 0 Å². The van der Waals surface area contributed by atoms with E-state index in [2.05, 4.69) is 10.6 Å². The number of alkyl halides is 2. The molecule has 2 N–H and O–H groups in total. The van der Waals surface area contributed by atoms with Gasteiger partial charge in [0.05, 0.1) is 0 Å². The van der Waals surface area contributed by atoms with Crippen molar-refractivity contribution >= 4 is 5.91 Å². The van der Waals surface area contributed by atoms with Gasteiger partial charge in [-0.05, 0) is 19.5 Å². The summed E-state index contributed by atoms with van der Waals surface area (Å²) in [6.07, 6.45) is -2.91. The van der Waals surface area contributed by atoms with E-state index in [4.69, 9.17) is 0 Å². The minimum absolute atomic E-state index is 0.165. The van der Waals surface area contributed by atoms with E-state index in [1.54, 1.807) is 7.05 Å². The number of carbonyl (C=O) groups is 1. The molecule has 12 heavy (non-hydrogen) atoms. The molecule has 0 saturated carbocycles. The van der Waals surface area contributed by atoms with Crippen molar-refractivity contribution in [3.8, 4) is 0 Å². The predicted molar refractivity (Wildman–Crippen MR) is 42.1 cm³/mol. The first-order valence-electron chi connectivity index (χ1n) is 3.78. The monoisotopic (exact) mass is 180 g/mol. The highest BCUT2D eigenvalue weighted by atomic mass is 19.3. The molecule has 0 bridgehead atoms. The molecule has 0 aromatic heterocycles. The van der Waals surface area contributed by atoms with Crippen LogP contribution in [0.3, 0.4) is 0 Å². The lowest BCUT2D eigenvalue weighted by Gasteiger charge is -2.11. The highest BCUT2D eigenvalue weighted by Gasteiger charge is 2.14. The van der Waals surface area contributed by atoms with E-state index in [1.807, 2.05) is 6.92 Å². The van der Waals surface area contributed by atoms with Crippen LogP contribution in [0.4, 0.5) is 8.78 Å². The molecule has 1 amide bonds. The molecule has 0 rings (SSSR count). The molecule has 0 aromatic carbocycles. The number of hydrogen-bond donors (Lipinski definition) is 2. The molecule has 0 radical (unpaired) electrons. The molecular formula is C7H14F2N2O. The van der Waals surface area contributed by atoms with Gasteiger partial charge in [-0.2, -0.15) is 8.78 Å². The molecule has 72 valence electrons. The van der Waals surface area contributed by atoms with Gasteiger partial charge >= 0.3 is 6.43 Å². The number of amides is 1. The molecule has 0 saturated heterocycles. The Morgan fingerprint density at radius 2 is 2.00 bits per heavy atom. The van der Waals surface area contributed by atoms with Gasteiger partial charge in [-0.1, -0.05) is 6.92 Å². The second kappa shape index (κ2) is 5.88. The van der Waals surface area contributed by atoms with E-state index >= 15 is 0 Å². The quantitative estimate of drug-likeness (QED) is 0.635. The molecule has 3 nitrogen and oxygen atoms in total. The second-order valence-corrected chi connectivity index (χ2v) is 2.71. The molecule has 0 fully saturated rings. The molecule has 0 aromatic rings. The van der Waals surface area contributed by atoms with Gasteiger partial charge in [0.2, 0.25) is 0 Å². The van der Waals surface area contributed by atoms with Gasteiger partial charge < -0.3 is 10.6 Å². The number of nitrogens with one attached hydrogen (secondary N) is 2. The standard InChI is InChI=1S/C7H14F2N2O/c1-5(3-10-2)4-11-7(12)6(8)9/h5-6,10H,3-4H2,1-2H3,(H,11,12). The summed E-state index contributed by atoms with van der Waals surface area (Å²) in [5, 5.41) is 5.02. The van der Waals surface area contributed by atoms with Crippen molar-refractivity contribution in [2.24, 2.45) is 5.92 Å². The van der Waals surface area contributed by atoms with E-state index < -0.39 is 12.3 Å². The maximum Gasteiger partial charge on any atom is 0.315 e. The Balaban J connectivity index is 3.47. The van der Waals surface area contributed by atoms with Crippen molar-refractivity contribution in [1.82, 2.24) is 10.6 Å². The zero-order valence-electron chi connectivity index (χ0n) is 7.23. The van der Waals surface area contributed by atoms with Gasteiger partial charge in [-0.25, -0.2) is 0 Å². The summed E-state index contributed by atoms with van der Waals surface area (Å²) < 4.78 is 23.3. The topological polar surface area (TPSA) is 41.1 Å². The minimum Gasteiger partial charge on any atom is -0.351 e. The van der Waals surface area contributed by atoms with Crippen LogP contribution >= 0.6 is 0 Å². The Hall–Kier alpha value is -0.710. The van der Waals surface area contributed by atoms with Crippen LogP contribution in [0.15, 0.2) is 0 Å². The number of halogens is 2. The van der Waals surface area contributed by atoms with Crippen molar-refractivity contribution in [2.45, 2.75) is 13.3 Å². The van der Waals surface area contributed by atoms with Gasteiger partial charge in [-0.3, -0.25) is 4.79 Å². The predicted octanol–water partition coefficient (Wildman–Crippen LogP) is 0.223. The van der Waals surface area contributed by atoms with Crippen LogP contribution in [0.2, 0.25) is 0 Å². The summed E-state index contributed by atoms with van der Waals surface area (Å²) >= 11 is 0. The van der Waals surface area contributed by atoms with E-state index in [1.165, 1.54) is 0 Å². The molecule has 0 aliphatic carbocycles. The van der Waals surface area contributed by atoms with Gasteiger partial charge in [0.1, 0.15) is 0 Å². The Bertz CT molecular complexity index is 141. The third-order valence-electron chi connectivity index (χ3n) is 1.38. The fourth-order valence-corrected chi connectivity index (χ4v) is 0.773. The molecule has 1 unspecified atom stereocenters. The van der Waals surface area contributed by atoms with Crippen LogP contribution in [0.25, 0.3) is 0 Å². The average molecular weight is 180 g/mol. The van der Waals surface area contributed by atoms with Crippen molar-refractivity contribution in [3.05, 3.63) is 0 Å². The number of carbonyl (C=O) groups excluding carboxylic acids is 1. The van der Waals surface area contributed by atoms with E-state index in [0.29, 0.717) is 6.54 Å². The van der Waals surface area contributed by atoms with Crippen molar-refractivity contribution in [3.63, 3.8) is 0 Å². The summed E-state index contributed by atoms with van der Waals surface area (Å²) in [5.41, 5.74) is 0. The van der Waals surface area contributed by atoms with Gasteiger partial charge in [0, 0.05) is 6.54 Å². The smallest absolute Gasteiger partial charge is 0.315 e. The van der Waals surface area contributed by atoms with Gasteiger partial charge in [-0.15, -0.1) is 0 Å². The van der Waals surface area contributed by atoms with Crippen LogP contribution in [-0.4, -0.2) is 32.5 Å². The zero-order chi connectivity index (χ0) is 9.56. The third kappa shape index (κ3) is 5.01. The molecule has 1 atom stereocenters. The van der Waals surface area contributed by atoms with E-state index in [-0.39, 0.29) is 12.5 Å². The first-order valence-corrected chi connectivity index (χ1v) is 3.78. The van der Waals surface area contributed by atoms with Crippen LogP contribution in [0, 0.1) is 5.92 Å². The fraction of sp³-hybridized carbons (Fsp3) is 0.857. The summed E-state index contributed by atoms with van der Waals surface area (Å²) in [6, 6.07) is 0. The van der Waals surface area contributed by atoms with Gasteiger partial charge in [0.25, 0.3) is 5.91 Å². The molecule has 0 aliphatic heterocycles. The summed E-state index contributed by atoms with van der Waals surface area (Å²) in [7, 11) is 1.77. The Morgan fingerprint density at radius 1 is 1.42 bits per heavy atom. The molecule has 0 spiro atoms. The Labute approximate surface area is 70.5 Å². The fourth-order valence-electron chi connectivity index (χ4n) is 0.773. The highest BCUT2D eigenvalue weighted by molar-refractivity contribution is 5.78. The first kappa shape index (κ1) is 11.3. The van der Waals surface area contributed by atoms with Crippen LogP contribution < -0.4 is 10.6 Å². The Morgan fingerprint density at radius 3 is 2.42 bits per heavy atom. The maximum absolute atomic E-state index is 11.6. The zero-order valence-corrected chi connectivity index (χ0v) is 7.23. The van der Waals surface area contributed by atoms with E-state index in [0.717, 1.165) is 0 Å². The minimum atomic E-state index is -2.91. The first-order chi connectivity index (χ1) is 5.57. The van der Waals surface area contributed by atoms with Crippen LogP contribution in [0.5, 0.6) is 0 Å². The van der Waals surface area contributed by atoms with E-state index in [9.17, 15) is 13.6 Å².